The third-order valence-corrected chi connectivity index (χ3v) is 3.29. The summed E-state index contributed by atoms with van der Waals surface area (Å²) in [6.45, 7) is 5.40. The minimum atomic E-state index is -0.622. The molecule has 2 rings (SSSR count). The Morgan fingerprint density at radius 3 is 2.52 bits per heavy atom. The minimum Gasteiger partial charge on any atom is -0.493 e. The molecule has 5 heteroatoms. The molecule has 0 amide bonds. The van der Waals surface area contributed by atoms with Crippen LogP contribution in [0.2, 0.25) is 0 Å². The summed E-state index contributed by atoms with van der Waals surface area (Å²) >= 11 is 0. The number of carbonyl (C=O) groups is 1. The monoisotopic (exact) mass is 288 g/mol. The number of hydrogen-bond acceptors (Lipinski definition) is 4. The van der Waals surface area contributed by atoms with Gasteiger partial charge in [-0.3, -0.25) is 4.79 Å². The lowest BCUT2D eigenvalue weighted by Crippen LogP contribution is -2.29. The standard InChI is InChI=1S/C16H20N2O3/c1-11(19)12-6-7-13(14(10-12)20-5)21-16(2,3)15-17-8-9-18(15)4/h6-10H,1-5H3. The Balaban J connectivity index is 2.35. The van der Waals surface area contributed by atoms with E-state index in [0.717, 1.165) is 5.82 Å². The van der Waals surface area contributed by atoms with Gasteiger partial charge in [-0.2, -0.15) is 0 Å². The number of aromatic nitrogens is 2. The van der Waals surface area contributed by atoms with E-state index in [1.807, 2.05) is 31.7 Å². The first-order valence-electron chi connectivity index (χ1n) is 6.71. The van der Waals surface area contributed by atoms with Crippen LogP contribution in [0.3, 0.4) is 0 Å². The van der Waals surface area contributed by atoms with E-state index in [9.17, 15) is 4.79 Å². The summed E-state index contributed by atoms with van der Waals surface area (Å²) in [5, 5.41) is 0. The molecular formula is C16H20N2O3. The van der Waals surface area contributed by atoms with E-state index in [0.29, 0.717) is 17.1 Å². The number of ether oxygens (including phenoxy) is 2. The molecule has 1 aromatic carbocycles. The lowest BCUT2D eigenvalue weighted by atomic mass is 10.1. The second-order valence-electron chi connectivity index (χ2n) is 5.40. The predicted octanol–water partition coefficient (Wildman–Crippen LogP) is 2.95. The van der Waals surface area contributed by atoms with Crippen molar-refractivity contribution in [2.75, 3.05) is 7.11 Å². The zero-order valence-electron chi connectivity index (χ0n) is 13.0. The van der Waals surface area contributed by atoms with Crippen molar-refractivity contribution in [3.8, 4) is 11.5 Å². The number of carbonyl (C=O) groups excluding carboxylic acids is 1. The van der Waals surface area contributed by atoms with Crippen LogP contribution in [-0.4, -0.2) is 22.4 Å². The first-order chi connectivity index (χ1) is 9.85. The lowest BCUT2D eigenvalue weighted by Gasteiger charge is -2.27. The highest BCUT2D eigenvalue weighted by atomic mass is 16.5. The van der Waals surface area contributed by atoms with E-state index < -0.39 is 5.60 Å². The molecule has 0 atom stereocenters. The number of methoxy groups -OCH3 is 1. The van der Waals surface area contributed by atoms with Crippen LogP contribution < -0.4 is 9.47 Å². The molecule has 0 spiro atoms. The zero-order chi connectivity index (χ0) is 15.6. The molecule has 0 aliphatic rings. The topological polar surface area (TPSA) is 53.4 Å². The number of rotatable bonds is 5. The molecule has 0 N–H and O–H groups in total. The van der Waals surface area contributed by atoms with Gasteiger partial charge < -0.3 is 14.0 Å². The van der Waals surface area contributed by atoms with Crippen LogP contribution in [0.1, 0.15) is 37.0 Å². The van der Waals surface area contributed by atoms with Crippen LogP contribution >= 0.6 is 0 Å². The van der Waals surface area contributed by atoms with Crippen LogP contribution in [0.4, 0.5) is 0 Å². The molecule has 0 saturated carbocycles. The number of hydrogen-bond donors (Lipinski definition) is 0. The Morgan fingerprint density at radius 2 is 2.00 bits per heavy atom. The van der Waals surface area contributed by atoms with Gasteiger partial charge in [0, 0.05) is 25.0 Å². The second kappa shape index (κ2) is 5.60. The zero-order valence-corrected chi connectivity index (χ0v) is 13.0. The number of benzene rings is 1. The van der Waals surface area contributed by atoms with Crippen LogP contribution in [0.15, 0.2) is 30.6 Å². The number of ketones is 1. The Labute approximate surface area is 124 Å². The number of aryl methyl sites for hydroxylation is 1. The molecule has 1 aromatic heterocycles. The van der Waals surface area contributed by atoms with Crippen molar-refractivity contribution in [2.45, 2.75) is 26.4 Å². The third-order valence-electron chi connectivity index (χ3n) is 3.29. The summed E-state index contributed by atoms with van der Waals surface area (Å²) in [7, 11) is 3.48. The van der Waals surface area contributed by atoms with Gasteiger partial charge in [0.2, 0.25) is 0 Å². The van der Waals surface area contributed by atoms with Gasteiger partial charge in [0.05, 0.1) is 7.11 Å². The Morgan fingerprint density at radius 1 is 1.29 bits per heavy atom. The SMILES string of the molecule is COc1cc(C(C)=O)ccc1OC(C)(C)c1nccn1C. The van der Waals surface area contributed by atoms with Crippen LogP contribution in [0, 0.1) is 0 Å². The van der Waals surface area contributed by atoms with Gasteiger partial charge in [-0.25, -0.2) is 4.98 Å². The third kappa shape index (κ3) is 3.07. The molecule has 0 aliphatic heterocycles. The number of Topliss-reactive ketones (excluding diaryl/α,β-unsaturated/α-hetero) is 1. The summed E-state index contributed by atoms with van der Waals surface area (Å²) in [5.41, 5.74) is -0.0301. The van der Waals surface area contributed by atoms with Gasteiger partial charge in [0.25, 0.3) is 0 Å². The molecule has 5 nitrogen and oxygen atoms in total. The maximum atomic E-state index is 11.4. The first-order valence-corrected chi connectivity index (χ1v) is 6.71. The highest BCUT2D eigenvalue weighted by Gasteiger charge is 2.28. The second-order valence-corrected chi connectivity index (χ2v) is 5.40. The molecular weight excluding hydrogens is 268 g/mol. The highest BCUT2D eigenvalue weighted by molar-refractivity contribution is 5.94. The summed E-state index contributed by atoms with van der Waals surface area (Å²) in [6, 6.07) is 5.17. The Bertz CT molecular complexity index is 659. The van der Waals surface area contributed by atoms with Gasteiger partial charge in [-0.15, -0.1) is 0 Å². The van der Waals surface area contributed by atoms with E-state index >= 15 is 0 Å². The molecule has 0 aliphatic carbocycles. The van der Waals surface area contributed by atoms with Crippen molar-refractivity contribution < 1.29 is 14.3 Å². The van der Waals surface area contributed by atoms with Crippen molar-refractivity contribution in [1.29, 1.82) is 0 Å². The van der Waals surface area contributed by atoms with E-state index in [2.05, 4.69) is 4.98 Å². The fourth-order valence-electron chi connectivity index (χ4n) is 2.24. The smallest absolute Gasteiger partial charge is 0.162 e. The lowest BCUT2D eigenvalue weighted by molar-refractivity contribution is 0.0910. The maximum Gasteiger partial charge on any atom is 0.162 e. The number of imidazole rings is 1. The van der Waals surface area contributed by atoms with E-state index in [1.54, 1.807) is 31.5 Å². The fourth-order valence-corrected chi connectivity index (χ4v) is 2.24. The Hall–Kier alpha value is -2.30. The molecule has 21 heavy (non-hydrogen) atoms. The van der Waals surface area contributed by atoms with Crippen LogP contribution in [-0.2, 0) is 12.6 Å². The molecule has 0 fully saturated rings. The fraction of sp³-hybridized carbons (Fsp3) is 0.375. The van der Waals surface area contributed by atoms with Crippen molar-refractivity contribution in [2.24, 2.45) is 7.05 Å². The van der Waals surface area contributed by atoms with E-state index in [-0.39, 0.29) is 5.78 Å². The normalized spacial score (nSPS) is 11.3. The van der Waals surface area contributed by atoms with Gasteiger partial charge in [-0.05, 0) is 39.0 Å². The molecule has 0 unspecified atom stereocenters. The maximum absolute atomic E-state index is 11.4. The molecule has 112 valence electrons. The minimum absolute atomic E-state index is 0.0109. The largest absolute Gasteiger partial charge is 0.493 e. The van der Waals surface area contributed by atoms with Crippen molar-refractivity contribution >= 4 is 5.78 Å². The predicted molar refractivity (Wildman–Crippen MR) is 79.9 cm³/mol. The molecule has 0 saturated heterocycles. The summed E-state index contributed by atoms with van der Waals surface area (Å²) in [5.74, 6) is 1.91. The van der Waals surface area contributed by atoms with Crippen LogP contribution in [0.5, 0.6) is 11.5 Å². The van der Waals surface area contributed by atoms with Gasteiger partial charge >= 0.3 is 0 Å². The Kier molecular flexibility index (Phi) is 4.02. The first kappa shape index (κ1) is 15.1. The molecule has 0 bridgehead atoms. The van der Waals surface area contributed by atoms with E-state index in [1.165, 1.54) is 6.92 Å². The summed E-state index contributed by atoms with van der Waals surface area (Å²) in [4.78, 5) is 15.8. The van der Waals surface area contributed by atoms with Gasteiger partial charge in [0.1, 0.15) is 0 Å². The van der Waals surface area contributed by atoms with Crippen molar-refractivity contribution in [3.63, 3.8) is 0 Å². The summed E-state index contributed by atoms with van der Waals surface area (Å²) < 4.78 is 13.3. The van der Waals surface area contributed by atoms with Crippen LogP contribution in [0.25, 0.3) is 0 Å². The average molecular weight is 288 g/mol. The average Bonchev–Trinajstić information content (AvgIpc) is 2.85. The molecule has 0 radical (unpaired) electrons. The van der Waals surface area contributed by atoms with Crippen molar-refractivity contribution in [1.82, 2.24) is 9.55 Å². The van der Waals surface area contributed by atoms with Gasteiger partial charge in [0.15, 0.2) is 28.7 Å². The quantitative estimate of drug-likeness (QED) is 0.794. The van der Waals surface area contributed by atoms with E-state index in [4.69, 9.17) is 9.47 Å². The number of nitrogens with zero attached hydrogens (tertiary/aromatic N) is 2. The molecule has 2 aromatic rings. The van der Waals surface area contributed by atoms with Gasteiger partial charge in [-0.1, -0.05) is 0 Å². The highest BCUT2D eigenvalue weighted by Crippen LogP contribution is 2.34. The van der Waals surface area contributed by atoms with Crippen molar-refractivity contribution in [3.05, 3.63) is 42.0 Å². The molecule has 1 heterocycles. The summed E-state index contributed by atoms with van der Waals surface area (Å²) in [6.07, 6.45) is 3.60.